The predicted octanol–water partition coefficient (Wildman–Crippen LogP) is 0.548. The first-order chi connectivity index (χ1) is 5.09. The molecule has 1 aliphatic heterocycles. The standard InChI is InChI=1S/C7H15NO2S/c1-6(2)8-3-7(4-8)5-11(9)10/h6-7H,3-5H2,1-2H3,(H,9,10). The summed E-state index contributed by atoms with van der Waals surface area (Å²) in [5.41, 5.74) is 0. The summed E-state index contributed by atoms with van der Waals surface area (Å²) in [6.45, 7) is 6.27. The van der Waals surface area contributed by atoms with Gasteiger partial charge in [0, 0.05) is 19.1 Å². The molecule has 0 spiro atoms. The molecular formula is C7H15NO2S. The van der Waals surface area contributed by atoms with Gasteiger partial charge in [0.25, 0.3) is 0 Å². The molecule has 3 nitrogen and oxygen atoms in total. The lowest BCUT2D eigenvalue weighted by Gasteiger charge is -2.41. The van der Waals surface area contributed by atoms with E-state index in [1.54, 1.807) is 0 Å². The van der Waals surface area contributed by atoms with Crippen molar-refractivity contribution in [3.05, 3.63) is 0 Å². The summed E-state index contributed by atoms with van der Waals surface area (Å²) in [5.74, 6) is 0.895. The van der Waals surface area contributed by atoms with Crippen LogP contribution in [0.2, 0.25) is 0 Å². The second-order valence-electron chi connectivity index (χ2n) is 3.40. The molecule has 11 heavy (non-hydrogen) atoms. The zero-order chi connectivity index (χ0) is 8.43. The minimum Gasteiger partial charge on any atom is -0.306 e. The number of hydrogen-bond donors (Lipinski definition) is 1. The zero-order valence-corrected chi connectivity index (χ0v) is 7.80. The SMILES string of the molecule is CC(C)N1CC(CS(=O)O)C1. The third-order valence-corrected chi connectivity index (χ3v) is 2.85. The van der Waals surface area contributed by atoms with E-state index in [9.17, 15) is 4.21 Å². The maximum atomic E-state index is 10.4. The first-order valence-corrected chi connectivity index (χ1v) is 5.18. The Morgan fingerprint density at radius 3 is 2.55 bits per heavy atom. The highest BCUT2D eigenvalue weighted by molar-refractivity contribution is 7.79. The molecule has 1 aliphatic rings. The van der Waals surface area contributed by atoms with Gasteiger partial charge in [-0.05, 0) is 19.8 Å². The van der Waals surface area contributed by atoms with Crippen LogP contribution in [0.15, 0.2) is 0 Å². The van der Waals surface area contributed by atoms with Crippen LogP contribution in [0, 0.1) is 5.92 Å². The van der Waals surface area contributed by atoms with E-state index < -0.39 is 11.1 Å². The van der Waals surface area contributed by atoms with Crippen molar-refractivity contribution >= 4 is 11.1 Å². The molecule has 0 aliphatic carbocycles. The van der Waals surface area contributed by atoms with Gasteiger partial charge < -0.3 is 9.45 Å². The molecule has 1 N–H and O–H groups in total. The molecule has 0 saturated carbocycles. The summed E-state index contributed by atoms with van der Waals surface area (Å²) in [6.07, 6.45) is 0. The van der Waals surface area contributed by atoms with E-state index >= 15 is 0 Å². The van der Waals surface area contributed by atoms with E-state index in [1.165, 1.54) is 0 Å². The minimum absolute atomic E-state index is 0.447. The first kappa shape index (κ1) is 9.16. The molecule has 0 aromatic rings. The van der Waals surface area contributed by atoms with E-state index in [2.05, 4.69) is 18.7 Å². The molecule has 1 fully saturated rings. The summed E-state index contributed by atoms with van der Waals surface area (Å²) in [6, 6.07) is 0.582. The van der Waals surface area contributed by atoms with Gasteiger partial charge in [-0.2, -0.15) is 0 Å². The average molecular weight is 177 g/mol. The number of rotatable bonds is 3. The Hall–Kier alpha value is 0.0700. The maximum absolute atomic E-state index is 10.4. The zero-order valence-electron chi connectivity index (χ0n) is 6.99. The lowest BCUT2D eigenvalue weighted by Crippen LogP contribution is -2.51. The van der Waals surface area contributed by atoms with Crippen molar-refractivity contribution < 1.29 is 8.76 Å². The highest BCUT2D eigenvalue weighted by Gasteiger charge is 2.29. The average Bonchev–Trinajstić information content (AvgIpc) is 1.75. The minimum atomic E-state index is -1.60. The molecule has 1 rings (SSSR count). The third kappa shape index (κ3) is 2.54. The molecule has 0 amide bonds. The Labute approximate surface area is 70.1 Å². The molecule has 0 aromatic heterocycles. The van der Waals surface area contributed by atoms with Gasteiger partial charge in [-0.1, -0.05) is 0 Å². The van der Waals surface area contributed by atoms with Gasteiger partial charge in [-0.15, -0.1) is 0 Å². The van der Waals surface area contributed by atoms with Crippen molar-refractivity contribution in [2.24, 2.45) is 5.92 Å². The van der Waals surface area contributed by atoms with Crippen LogP contribution in [0.25, 0.3) is 0 Å². The van der Waals surface area contributed by atoms with Crippen LogP contribution >= 0.6 is 0 Å². The van der Waals surface area contributed by atoms with Crippen molar-refractivity contribution in [2.45, 2.75) is 19.9 Å². The first-order valence-electron chi connectivity index (χ1n) is 3.91. The predicted molar refractivity (Wildman–Crippen MR) is 45.8 cm³/mol. The van der Waals surface area contributed by atoms with Crippen molar-refractivity contribution in [1.29, 1.82) is 0 Å². The molecule has 1 unspecified atom stereocenters. The summed E-state index contributed by atoms with van der Waals surface area (Å²) in [5, 5.41) is 0. The fourth-order valence-electron chi connectivity index (χ4n) is 1.34. The normalized spacial score (nSPS) is 23.6. The molecule has 66 valence electrons. The van der Waals surface area contributed by atoms with Gasteiger partial charge >= 0.3 is 0 Å². The number of likely N-dealkylation sites (tertiary alicyclic amines) is 1. The van der Waals surface area contributed by atoms with Gasteiger partial charge in [-0.3, -0.25) is 0 Å². The Bertz CT molecular complexity index is 155. The fourth-order valence-corrected chi connectivity index (χ4v) is 1.95. The molecule has 1 atom stereocenters. The topological polar surface area (TPSA) is 40.5 Å². The molecule has 1 heterocycles. The van der Waals surface area contributed by atoms with Crippen molar-refractivity contribution in [3.63, 3.8) is 0 Å². The second kappa shape index (κ2) is 3.65. The monoisotopic (exact) mass is 177 g/mol. The van der Waals surface area contributed by atoms with Gasteiger partial charge in [0.05, 0.1) is 5.75 Å². The van der Waals surface area contributed by atoms with Crippen LogP contribution in [0.1, 0.15) is 13.8 Å². The molecule has 0 aromatic carbocycles. The van der Waals surface area contributed by atoms with E-state index in [0.717, 1.165) is 13.1 Å². The van der Waals surface area contributed by atoms with Crippen LogP contribution < -0.4 is 0 Å². The van der Waals surface area contributed by atoms with Crippen molar-refractivity contribution in [1.82, 2.24) is 4.90 Å². The van der Waals surface area contributed by atoms with Crippen molar-refractivity contribution in [3.8, 4) is 0 Å². The fraction of sp³-hybridized carbons (Fsp3) is 1.00. The van der Waals surface area contributed by atoms with Crippen LogP contribution in [-0.4, -0.2) is 38.5 Å². The van der Waals surface area contributed by atoms with E-state index in [1.807, 2.05) is 0 Å². The smallest absolute Gasteiger partial charge is 0.153 e. The number of hydrogen-bond acceptors (Lipinski definition) is 2. The lowest BCUT2D eigenvalue weighted by molar-refractivity contribution is 0.0802. The van der Waals surface area contributed by atoms with E-state index in [4.69, 9.17) is 4.55 Å². The van der Waals surface area contributed by atoms with Crippen LogP contribution in [-0.2, 0) is 11.1 Å². The van der Waals surface area contributed by atoms with E-state index in [-0.39, 0.29) is 0 Å². The quantitative estimate of drug-likeness (QED) is 0.640. The molecule has 0 bridgehead atoms. The second-order valence-corrected chi connectivity index (χ2v) is 4.38. The molecular weight excluding hydrogens is 162 g/mol. The maximum Gasteiger partial charge on any atom is 0.153 e. The van der Waals surface area contributed by atoms with Gasteiger partial charge in [-0.25, -0.2) is 4.21 Å². The van der Waals surface area contributed by atoms with Gasteiger partial charge in [0.2, 0.25) is 0 Å². The number of nitrogens with zero attached hydrogens (tertiary/aromatic N) is 1. The van der Waals surface area contributed by atoms with E-state index in [0.29, 0.717) is 17.7 Å². The van der Waals surface area contributed by atoms with Crippen LogP contribution in [0.3, 0.4) is 0 Å². The highest BCUT2D eigenvalue weighted by Crippen LogP contribution is 2.18. The summed E-state index contributed by atoms with van der Waals surface area (Å²) >= 11 is -1.60. The Balaban J connectivity index is 2.14. The Morgan fingerprint density at radius 1 is 1.64 bits per heavy atom. The van der Waals surface area contributed by atoms with Gasteiger partial charge in [0.15, 0.2) is 11.1 Å². The molecule has 0 radical (unpaired) electrons. The van der Waals surface area contributed by atoms with Crippen LogP contribution in [0.5, 0.6) is 0 Å². The summed E-state index contributed by atoms with van der Waals surface area (Å²) in [7, 11) is 0. The summed E-state index contributed by atoms with van der Waals surface area (Å²) in [4.78, 5) is 2.30. The largest absolute Gasteiger partial charge is 0.306 e. The Kier molecular flexibility index (Phi) is 3.04. The lowest BCUT2D eigenvalue weighted by atomic mass is 10.0. The van der Waals surface area contributed by atoms with Crippen LogP contribution in [0.4, 0.5) is 0 Å². The van der Waals surface area contributed by atoms with Gasteiger partial charge in [0.1, 0.15) is 0 Å². The van der Waals surface area contributed by atoms with Crippen molar-refractivity contribution in [2.75, 3.05) is 18.8 Å². The molecule has 1 saturated heterocycles. The molecule has 4 heteroatoms. The highest BCUT2D eigenvalue weighted by atomic mass is 32.2. The summed E-state index contributed by atoms with van der Waals surface area (Å²) < 4.78 is 18.9. The third-order valence-electron chi connectivity index (χ3n) is 2.09. The Morgan fingerprint density at radius 2 is 2.18 bits per heavy atom.